The average molecular weight is 277 g/mol. The van der Waals surface area contributed by atoms with Crippen molar-refractivity contribution in [1.29, 1.82) is 0 Å². The molecular weight excluding hydrogens is 254 g/mol. The fraction of sp³-hybridized carbons (Fsp3) is 1.00. The highest BCUT2D eigenvalue weighted by molar-refractivity contribution is 7.92. The van der Waals surface area contributed by atoms with Gasteiger partial charge in [-0.2, -0.15) is 0 Å². The van der Waals surface area contributed by atoms with Crippen LogP contribution in [0.4, 0.5) is 0 Å². The molecule has 2 fully saturated rings. The maximum atomic E-state index is 12.7. The largest absolute Gasteiger partial charge is 0.380 e. The summed E-state index contributed by atoms with van der Waals surface area (Å²) in [7, 11) is -3.19. The third kappa shape index (κ3) is 2.71. The Balaban J connectivity index is 2.16. The maximum Gasteiger partial charge on any atom is 0.162 e. The molecule has 0 aromatic carbocycles. The van der Waals surface area contributed by atoms with Gasteiger partial charge in [-0.05, 0) is 26.3 Å². The number of hydrogen-bond donors (Lipinski definition) is 1. The first-order valence-corrected chi connectivity index (χ1v) is 8.33. The third-order valence-electron chi connectivity index (χ3n) is 3.92. The lowest BCUT2D eigenvalue weighted by molar-refractivity contribution is 0.0803. The van der Waals surface area contributed by atoms with Gasteiger partial charge in [0.2, 0.25) is 0 Å². The van der Waals surface area contributed by atoms with Gasteiger partial charge in [0.25, 0.3) is 0 Å². The van der Waals surface area contributed by atoms with Gasteiger partial charge in [0, 0.05) is 19.3 Å². The highest BCUT2D eigenvalue weighted by Crippen LogP contribution is 2.28. The van der Waals surface area contributed by atoms with E-state index in [1.807, 2.05) is 13.8 Å². The van der Waals surface area contributed by atoms with E-state index in [9.17, 15) is 8.42 Å². The molecule has 106 valence electrons. The van der Waals surface area contributed by atoms with Crippen LogP contribution < -0.4 is 5.32 Å². The number of rotatable bonds is 4. The van der Waals surface area contributed by atoms with Crippen LogP contribution in [0, 0.1) is 0 Å². The molecule has 18 heavy (non-hydrogen) atoms. The van der Waals surface area contributed by atoms with E-state index >= 15 is 0 Å². The summed E-state index contributed by atoms with van der Waals surface area (Å²) >= 11 is 0. The molecule has 0 bridgehead atoms. The molecule has 2 saturated heterocycles. The molecule has 2 aliphatic rings. The first-order chi connectivity index (χ1) is 8.57. The van der Waals surface area contributed by atoms with Gasteiger partial charge in [-0.25, -0.2) is 8.42 Å². The quantitative estimate of drug-likeness (QED) is 0.803. The zero-order valence-electron chi connectivity index (χ0n) is 11.1. The van der Waals surface area contributed by atoms with Gasteiger partial charge >= 0.3 is 0 Å². The summed E-state index contributed by atoms with van der Waals surface area (Å²) in [6.07, 6.45) is 1.18. The molecule has 0 aromatic rings. The maximum absolute atomic E-state index is 12.7. The topological polar surface area (TPSA) is 64.6 Å². The van der Waals surface area contributed by atoms with Gasteiger partial charge in [0.05, 0.1) is 18.0 Å². The van der Waals surface area contributed by atoms with Crippen molar-refractivity contribution in [3.8, 4) is 0 Å². The van der Waals surface area contributed by atoms with Crippen LogP contribution in [-0.4, -0.2) is 57.4 Å². The van der Waals surface area contributed by atoms with Crippen LogP contribution >= 0.6 is 0 Å². The Labute approximate surface area is 109 Å². The van der Waals surface area contributed by atoms with Crippen molar-refractivity contribution in [2.45, 2.75) is 49.3 Å². The number of nitrogens with one attached hydrogen (secondary N) is 1. The van der Waals surface area contributed by atoms with Gasteiger partial charge in [0.1, 0.15) is 5.25 Å². The van der Waals surface area contributed by atoms with Crippen LogP contribution in [0.1, 0.15) is 26.7 Å². The first-order valence-electron chi connectivity index (χ1n) is 6.72. The van der Waals surface area contributed by atoms with Crippen LogP contribution in [0.5, 0.6) is 0 Å². The van der Waals surface area contributed by atoms with E-state index in [2.05, 4.69) is 5.32 Å². The third-order valence-corrected chi connectivity index (χ3v) is 6.69. The predicted octanol–water partition coefficient (Wildman–Crippen LogP) is 0.346. The highest BCUT2D eigenvalue weighted by atomic mass is 32.2. The molecule has 4 atom stereocenters. The highest BCUT2D eigenvalue weighted by Gasteiger charge is 2.44. The molecule has 0 spiro atoms. The van der Waals surface area contributed by atoms with Crippen LogP contribution in [0.15, 0.2) is 0 Å². The summed E-state index contributed by atoms with van der Waals surface area (Å²) in [6, 6.07) is 0.0153. The van der Waals surface area contributed by atoms with Gasteiger partial charge in [-0.15, -0.1) is 0 Å². The summed E-state index contributed by atoms with van der Waals surface area (Å²) < 4.78 is 36.1. The fourth-order valence-electron chi connectivity index (χ4n) is 2.90. The van der Waals surface area contributed by atoms with Crippen LogP contribution in [0.3, 0.4) is 0 Å². The molecule has 2 rings (SSSR count). The van der Waals surface area contributed by atoms with Crippen molar-refractivity contribution in [2.75, 3.05) is 26.4 Å². The smallest absolute Gasteiger partial charge is 0.162 e. The molecule has 0 amide bonds. The van der Waals surface area contributed by atoms with Crippen LogP contribution in [-0.2, 0) is 19.3 Å². The van der Waals surface area contributed by atoms with Gasteiger partial charge in [-0.3, -0.25) is 0 Å². The van der Waals surface area contributed by atoms with E-state index in [0.29, 0.717) is 26.2 Å². The van der Waals surface area contributed by atoms with Crippen LogP contribution in [0.2, 0.25) is 0 Å². The molecular formula is C12H23NO4S. The lowest BCUT2D eigenvalue weighted by atomic mass is 10.1. The lowest BCUT2D eigenvalue weighted by Gasteiger charge is -2.33. The minimum Gasteiger partial charge on any atom is -0.380 e. The Hall–Kier alpha value is -0.170. The standard InChI is InChI=1S/C12H23NO4S/c1-3-13-10-4-6-16-8-12(10)18(14,15)11-5-7-17-9(11)2/h9-13H,3-8H2,1-2H3. The van der Waals surface area contributed by atoms with Crippen molar-refractivity contribution in [2.24, 2.45) is 0 Å². The number of ether oxygens (including phenoxy) is 2. The summed E-state index contributed by atoms with van der Waals surface area (Å²) in [4.78, 5) is 0. The Morgan fingerprint density at radius 1 is 1.22 bits per heavy atom. The molecule has 4 unspecified atom stereocenters. The van der Waals surface area contributed by atoms with Crippen molar-refractivity contribution in [3.63, 3.8) is 0 Å². The number of sulfone groups is 1. The number of hydrogen-bond acceptors (Lipinski definition) is 5. The van der Waals surface area contributed by atoms with Gasteiger partial charge in [-0.1, -0.05) is 6.92 Å². The predicted molar refractivity (Wildman–Crippen MR) is 69.4 cm³/mol. The second-order valence-corrected chi connectivity index (χ2v) is 7.45. The van der Waals surface area contributed by atoms with E-state index in [1.54, 1.807) is 0 Å². The monoisotopic (exact) mass is 277 g/mol. The zero-order chi connectivity index (χ0) is 13.2. The molecule has 0 saturated carbocycles. The Bertz CT molecular complexity index is 368. The van der Waals surface area contributed by atoms with Crippen molar-refractivity contribution in [1.82, 2.24) is 5.32 Å². The SMILES string of the molecule is CCNC1CCOCC1S(=O)(=O)C1CCOC1C. The Morgan fingerprint density at radius 2 is 2.00 bits per heavy atom. The van der Waals surface area contributed by atoms with E-state index < -0.39 is 15.1 Å². The molecule has 6 heteroatoms. The second-order valence-electron chi connectivity index (χ2n) is 5.06. The minimum absolute atomic E-state index is 0.0153. The lowest BCUT2D eigenvalue weighted by Crippen LogP contribution is -2.53. The van der Waals surface area contributed by atoms with E-state index in [4.69, 9.17) is 9.47 Å². The second kappa shape index (κ2) is 5.86. The fourth-order valence-corrected chi connectivity index (χ4v) is 5.36. The minimum atomic E-state index is -3.19. The molecule has 0 aliphatic carbocycles. The summed E-state index contributed by atoms with van der Waals surface area (Å²) in [6.45, 7) is 6.13. The van der Waals surface area contributed by atoms with Crippen LogP contribution in [0.25, 0.3) is 0 Å². The summed E-state index contributed by atoms with van der Waals surface area (Å²) in [5.74, 6) is 0. The first kappa shape index (κ1) is 14.2. The van der Waals surface area contributed by atoms with E-state index in [0.717, 1.165) is 13.0 Å². The van der Waals surface area contributed by atoms with E-state index in [-0.39, 0.29) is 17.4 Å². The molecule has 5 nitrogen and oxygen atoms in total. The summed E-state index contributed by atoms with van der Waals surface area (Å²) in [5, 5.41) is 2.48. The Morgan fingerprint density at radius 3 is 2.61 bits per heavy atom. The average Bonchev–Trinajstić information content (AvgIpc) is 2.77. The van der Waals surface area contributed by atoms with Gasteiger partial charge < -0.3 is 14.8 Å². The van der Waals surface area contributed by atoms with E-state index in [1.165, 1.54) is 0 Å². The molecule has 2 aliphatic heterocycles. The molecule has 0 aromatic heterocycles. The van der Waals surface area contributed by atoms with Crippen molar-refractivity contribution >= 4 is 9.84 Å². The van der Waals surface area contributed by atoms with Gasteiger partial charge in [0.15, 0.2) is 9.84 Å². The molecule has 2 heterocycles. The normalized spacial score (nSPS) is 37.9. The van der Waals surface area contributed by atoms with Crippen molar-refractivity contribution < 1.29 is 17.9 Å². The molecule has 0 radical (unpaired) electrons. The summed E-state index contributed by atoms with van der Waals surface area (Å²) in [5.41, 5.74) is 0. The Kier molecular flexibility index (Phi) is 4.64. The van der Waals surface area contributed by atoms with Crippen molar-refractivity contribution in [3.05, 3.63) is 0 Å². The zero-order valence-corrected chi connectivity index (χ0v) is 11.9. The molecule has 1 N–H and O–H groups in total.